The molecule has 0 spiro atoms. The number of carbonyl (C=O) groups excluding carboxylic acids is 1. The molecule has 1 amide bonds. The molecule has 33 heavy (non-hydrogen) atoms. The summed E-state index contributed by atoms with van der Waals surface area (Å²) in [6.45, 7) is 4.13. The number of methoxy groups -OCH3 is 1. The molecule has 5 nitrogen and oxygen atoms in total. The minimum absolute atomic E-state index is 0.177. The van der Waals surface area contributed by atoms with Gasteiger partial charge in [-0.15, -0.1) is 0 Å². The van der Waals surface area contributed by atoms with Crippen molar-refractivity contribution in [3.8, 4) is 5.75 Å². The summed E-state index contributed by atoms with van der Waals surface area (Å²) in [6.07, 6.45) is 6.23. The van der Waals surface area contributed by atoms with Crippen LogP contribution in [0.3, 0.4) is 0 Å². The highest BCUT2D eigenvalue weighted by Gasteiger charge is 2.13. The van der Waals surface area contributed by atoms with E-state index in [2.05, 4.69) is 15.3 Å². The maximum Gasteiger partial charge on any atom is 0.251 e. The smallest absolute Gasteiger partial charge is 0.251 e. The van der Waals surface area contributed by atoms with E-state index in [1.807, 2.05) is 44.2 Å². The van der Waals surface area contributed by atoms with Crippen molar-refractivity contribution >= 4 is 17.7 Å². The first-order chi connectivity index (χ1) is 16.0. The summed E-state index contributed by atoms with van der Waals surface area (Å²) in [5.41, 5.74) is 6.14. The van der Waals surface area contributed by atoms with Crippen LogP contribution in [0.5, 0.6) is 5.75 Å². The Morgan fingerprint density at radius 2 is 2.00 bits per heavy atom. The molecule has 0 saturated heterocycles. The minimum Gasteiger partial charge on any atom is -0.494 e. The molecule has 0 radical (unpaired) electrons. The van der Waals surface area contributed by atoms with Gasteiger partial charge in [-0.3, -0.25) is 14.8 Å². The molecule has 0 atom stereocenters. The molecule has 0 aliphatic carbocycles. The van der Waals surface area contributed by atoms with Gasteiger partial charge in [0.15, 0.2) is 11.6 Å². The second kappa shape index (κ2) is 11.2. The topological polar surface area (TPSA) is 63.6 Å². The van der Waals surface area contributed by atoms with Crippen molar-refractivity contribution in [1.82, 2.24) is 10.3 Å². The zero-order chi connectivity index (χ0) is 23.8. The van der Waals surface area contributed by atoms with Crippen LogP contribution in [0, 0.1) is 12.7 Å². The third kappa shape index (κ3) is 5.92. The average molecular weight is 446 g/mol. The zero-order valence-corrected chi connectivity index (χ0v) is 19.4. The predicted molar refractivity (Wildman–Crippen MR) is 130 cm³/mol. The van der Waals surface area contributed by atoms with Crippen LogP contribution >= 0.6 is 0 Å². The fraction of sp³-hybridized carbons (Fsp3) is 0.222. The van der Waals surface area contributed by atoms with E-state index in [4.69, 9.17) is 4.74 Å². The van der Waals surface area contributed by atoms with Crippen molar-refractivity contribution in [3.63, 3.8) is 0 Å². The number of aromatic nitrogens is 1. The number of rotatable bonds is 8. The Balaban J connectivity index is 1.75. The molecule has 0 bridgehead atoms. The first-order valence-corrected chi connectivity index (χ1v) is 10.7. The van der Waals surface area contributed by atoms with Gasteiger partial charge >= 0.3 is 0 Å². The number of amides is 1. The van der Waals surface area contributed by atoms with Crippen LogP contribution in [0.1, 0.15) is 45.2 Å². The summed E-state index contributed by atoms with van der Waals surface area (Å²) in [6, 6.07) is 14.4. The number of benzene rings is 2. The maximum absolute atomic E-state index is 13.9. The van der Waals surface area contributed by atoms with E-state index in [1.165, 1.54) is 13.2 Å². The standard InChI is InChI=1S/C27H28FN3O2/c1-5-21(17-29-3)25-15-19(11-12-30-25)13-22-7-6-8-23(18(22)2)27(32)31-16-20-9-10-26(33-4)24(28)14-20/h5-12,14-15,17H,13,16H2,1-4H3,(H,31,32)/b21-5+,29-17?. The number of pyridine rings is 1. The van der Waals surface area contributed by atoms with E-state index in [1.54, 1.807) is 37.7 Å². The fourth-order valence-electron chi connectivity index (χ4n) is 3.61. The highest BCUT2D eigenvalue weighted by molar-refractivity contribution is 6.08. The van der Waals surface area contributed by atoms with Crippen molar-refractivity contribution < 1.29 is 13.9 Å². The molecule has 2 aromatic carbocycles. The van der Waals surface area contributed by atoms with E-state index in [0.29, 0.717) is 17.5 Å². The summed E-state index contributed by atoms with van der Waals surface area (Å²) in [5, 5.41) is 2.88. The van der Waals surface area contributed by atoms with Crippen molar-refractivity contribution in [2.24, 2.45) is 4.99 Å². The monoisotopic (exact) mass is 445 g/mol. The number of ether oxygens (including phenoxy) is 1. The summed E-state index contributed by atoms with van der Waals surface area (Å²) < 4.78 is 18.8. The number of nitrogens with one attached hydrogen (secondary N) is 1. The van der Waals surface area contributed by atoms with Crippen LogP contribution in [0.25, 0.3) is 5.57 Å². The number of nitrogens with zero attached hydrogens (tertiary/aromatic N) is 2. The zero-order valence-electron chi connectivity index (χ0n) is 19.4. The van der Waals surface area contributed by atoms with E-state index in [0.717, 1.165) is 28.0 Å². The number of hydrogen-bond donors (Lipinski definition) is 1. The van der Waals surface area contributed by atoms with Crippen molar-refractivity contribution in [1.29, 1.82) is 0 Å². The quantitative estimate of drug-likeness (QED) is 0.487. The number of allylic oxidation sites excluding steroid dienone is 2. The van der Waals surface area contributed by atoms with E-state index in [-0.39, 0.29) is 18.2 Å². The molecule has 0 saturated carbocycles. The molecule has 0 fully saturated rings. The van der Waals surface area contributed by atoms with Crippen LogP contribution in [0.15, 0.2) is 65.8 Å². The Hall–Kier alpha value is -3.80. The lowest BCUT2D eigenvalue weighted by molar-refractivity contribution is 0.0950. The minimum atomic E-state index is -0.453. The van der Waals surface area contributed by atoms with Gasteiger partial charge in [0, 0.05) is 37.1 Å². The van der Waals surface area contributed by atoms with Crippen LogP contribution in [-0.4, -0.2) is 31.3 Å². The van der Waals surface area contributed by atoms with E-state index in [9.17, 15) is 9.18 Å². The summed E-state index contributed by atoms with van der Waals surface area (Å²) in [4.78, 5) is 21.4. The number of hydrogen-bond acceptors (Lipinski definition) is 4. The van der Waals surface area contributed by atoms with Gasteiger partial charge in [0.1, 0.15) is 0 Å². The predicted octanol–water partition coefficient (Wildman–Crippen LogP) is 5.16. The Morgan fingerprint density at radius 3 is 2.70 bits per heavy atom. The van der Waals surface area contributed by atoms with Crippen LogP contribution in [0.2, 0.25) is 0 Å². The van der Waals surface area contributed by atoms with Crippen molar-refractivity contribution in [2.75, 3.05) is 14.2 Å². The van der Waals surface area contributed by atoms with Crippen LogP contribution < -0.4 is 10.1 Å². The van der Waals surface area contributed by atoms with Crippen LogP contribution in [0.4, 0.5) is 4.39 Å². The molecule has 0 unspecified atom stereocenters. The van der Waals surface area contributed by atoms with Gasteiger partial charge < -0.3 is 10.1 Å². The summed E-state index contributed by atoms with van der Waals surface area (Å²) in [7, 11) is 3.15. The summed E-state index contributed by atoms with van der Waals surface area (Å²) >= 11 is 0. The van der Waals surface area contributed by atoms with Gasteiger partial charge in [0.25, 0.3) is 5.91 Å². The van der Waals surface area contributed by atoms with Gasteiger partial charge in [-0.2, -0.15) is 0 Å². The first kappa shape index (κ1) is 23.9. The van der Waals surface area contributed by atoms with Gasteiger partial charge in [-0.25, -0.2) is 4.39 Å². The van der Waals surface area contributed by atoms with Crippen molar-refractivity contribution in [3.05, 3.63) is 100 Å². The largest absolute Gasteiger partial charge is 0.494 e. The fourth-order valence-corrected chi connectivity index (χ4v) is 3.61. The molecule has 1 heterocycles. The maximum atomic E-state index is 13.9. The second-order valence-electron chi connectivity index (χ2n) is 7.60. The highest BCUT2D eigenvalue weighted by Crippen LogP contribution is 2.21. The second-order valence-corrected chi connectivity index (χ2v) is 7.60. The van der Waals surface area contributed by atoms with E-state index >= 15 is 0 Å². The van der Waals surface area contributed by atoms with E-state index < -0.39 is 5.82 Å². The molecule has 170 valence electrons. The molecular weight excluding hydrogens is 417 g/mol. The first-order valence-electron chi connectivity index (χ1n) is 10.7. The van der Waals surface area contributed by atoms with Gasteiger partial charge in [-0.1, -0.05) is 24.3 Å². The lowest BCUT2D eigenvalue weighted by atomic mass is 9.96. The highest BCUT2D eigenvalue weighted by atomic mass is 19.1. The molecule has 0 aliphatic heterocycles. The molecule has 1 N–H and O–H groups in total. The number of aliphatic imine (C=N–C) groups is 1. The molecule has 0 aliphatic rings. The van der Waals surface area contributed by atoms with Crippen LogP contribution in [-0.2, 0) is 13.0 Å². The molecule has 3 rings (SSSR count). The Bertz CT molecular complexity index is 1200. The van der Waals surface area contributed by atoms with Gasteiger partial charge in [0.2, 0.25) is 0 Å². The SMILES string of the molecule is C/C=C(\C=NC)c1cc(Cc2cccc(C(=O)NCc3ccc(OC)c(F)c3)c2C)ccn1. The Kier molecular flexibility index (Phi) is 8.08. The van der Waals surface area contributed by atoms with Gasteiger partial charge in [-0.05, 0) is 72.9 Å². The van der Waals surface area contributed by atoms with Gasteiger partial charge in [0.05, 0.1) is 12.8 Å². The third-order valence-corrected chi connectivity index (χ3v) is 5.45. The average Bonchev–Trinajstić information content (AvgIpc) is 2.82. The Labute approximate surface area is 194 Å². The Morgan fingerprint density at radius 1 is 1.18 bits per heavy atom. The third-order valence-electron chi connectivity index (χ3n) is 5.45. The lowest BCUT2D eigenvalue weighted by Gasteiger charge is -2.13. The number of carbonyl (C=O) groups is 1. The molecular formula is C27H28FN3O2. The lowest BCUT2D eigenvalue weighted by Crippen LogP contribution is -2.24. The number of halogens is 1. The normalized spacial score (nSPS) is 11.6. The molecule has 3 aromatic rings. The molecule has 6 heteroatoms. The summed E-state index contributed by atoms with van der Waals surface area (Å²) in [5.74, 6) is -0.474. The molecule has 1 aromatic heterocycles. The van der Waals surface area contributed by atoms with Crippen molar-refractivity contribution in [2.45, 2.75) is 26.8 Å².